The minimum Gasteiger partial charge on any atom is -0.324 e. The van der Waals surface area contributed by atoms with Crippen molar-refractivity contribution in [3.8, 4) is 0 Å². The lowest BCUT2D eigenvalue weighted by Crippen LogP contribution is -2.53. The molecule has 0 saturated carbocycles. The topological polar surface area (TPSA) is 23.6 Å². The SMILES string of the molecule is CC1CCCN(C(=O)N2CCCC(C)C2C)C1. The van der Waals surface area contributed by atoms with E-state index in [0.717, 1.165) is 19.6 Å². The fraction of sp³-hybridized carbons (Fsp3) is 0.929. The molecule has 3 atom stereocenters. The predicted molar refractivity (Wildman–Crippen MR) is 69.9 cm³/mol. The van der Waals surface area contributed by atoms with Gasteiger partial charge in [-0.2, -0.15) is 0 Å². The molecule has 17 heavy (non-hydrogen) atoms. The van der Waals surface area contributed by atoms with Crippen molar-refractivity contribution in [1.82, 2.24) is 9.80 Å². The quantitative estimate of drug-likeness (QED) is 0.636. The first-order valence-electron chi connectivity index (χ1n) is 7.15. The van der Waals surface area contributed by atoms with Gasteiger partial charge in [-0.25, -0.2) is 4.79 Å². The Balaban J connectivity index is 1.98. The number of piperidine rings is 2. The highest BCUT2D eigenvalue weighted by molar-refractivity contribution is 5.75. The average molecular weight is 238 g/mol. The molecule has 3 nitrogen and oxygen atoms in total. The standard InChI is InChI=1S/C14H26N2O/c1-11-6-4-8-15(10-11)14(17)16-9-5-7-12(2)13(16)3/h11-13H,4-10H2,1-3H3. The molecule has 2 aliphatic rings. The summed E-state index contributed by atoms with van der Waals surface area (Å²) in [5.74, 6) is 1.32. The molecule has 2 aliphatic heterocycles. The first kappa shape index (κ1) is 12.7. The van der Waals surface area contributed by atoms with E-state index in [2.05, 4.69) is 30.6 Å². The number of likely N-dealkylation sites (tertiary alicyclic amines) is 2. The van der Waals surface area contributed by atoms with Crippen LogP contribution in [0.3, 0.4) is 0 Å². The van der Waals surface area contributed by atoms with E-state index in [1.807, 2.05) is 0 Å². The van der Waals surface area contributed by atoms with E-state index in [-0.39, 0.29) is 6.03 Å². The zero-order chi connectivity index (χ0) is 12.4. The Hall–Kier alpha value is -0.730. The van der Waals surface area contributed by atoms with Gasteiger partial charge >= 0.3 is 6.03 Å². The monoisotopic (exact) mass is 238 g/mol. The summed E-state index contributed by atoms with van der Waals surface area (Å²) >= 11 is 0. The summed E-state index contributed by atoms with van der Waals surface area (Å²) in [5, 5.41) is 0. The van der Waals surface area contributed by atoms with Gasteiger partial charge in [0.05, 0.1) is 0 Å². The Bertz CT molecular complexity index is 279. The van der Waals surface area contributed by atoms with Crippen LogP contribution >= 0.6 is 0 Å². The maximum absolute atomic E-state index is 12.5. The second-order valence-corrected chi connectivity index (χ2v) is 6.03. The van der Waals surface area contributed by atoms with E-state index in [1.54, 1.807) is 0 Å². The normalized spacial score (nSPS) is 34.9. The fourth-order valence-corrected chi connectivity index (χ4v) is 3.15. The van der Waals surface area contributed by atoms with Gasteiger partial charge in [0, 0.05) is 25.7 Å². The van der Waals surface area contributed by atoms with Crippen molar-refractivity contribution >= 4 is 6.03 Å². The third-order valence-electron chi connectivity index (χ3n) is 4.55. The minimum absolute atomic E-state index is 0.288. The third-order valence-corrected chi connectivity index (χ3v) is 4.55. The van der Waals surface area contributed by atoms with E-state index in [0.29, 0.717) is 17.9 Å². The van der Waals surface area contributed by atoms with Crippen molar-refractivity contribution in [2.75, 3.05) is 19.6 Å². The summed E-state index contributed by atoms with van der Waals surface area (Å²) in [6.07, 6.45) is 4.88. The summed E-state index contributed by atoms with van der Waals surface area (Å²) < 4.78 is 0. The average Bonchev–Trinajstić information content (AvgIpc) is 2.32. The molecule has 0 bridgehead atoms. The lowest BCUT2D eigenvalue weighted by molar-refractivity contribution is 0.0867. The molecule has 0 N–H and O–H groups in total. The predicted octanol–water partition coefficient (Wildman–Crippen LogP) is 2.96. The Labute approximate surface area is 105 Å². The molecule has 0 aliphatic carbocycles. The molecular formula is C14H26N2O. The maximum Gasteiger partial charge on any atom is 0.320 e. The van der Waals surface area contributed by atoms with Crippen LogP contribution in [0.5, 0.6) is 0 Å². The lowest BCUT2D eigenvalue weighted by atomic mass is 9.92. The van der Waals surface area contributed by atoms with Crippen molar-refractivity contribution in [2.24, 2.45) is 11.8 Å². The molecule has 2 saturated heterocycles. The molecule has 2 rings (SSSR count). The van der Waals surface area contributed by atoms with E-state index in [1.165, 1.54) is 25.7 Å². The molecule has 2 amide bonds. The number of rotatable bonds is 0. The fourth-order valence-electron chi connectivity index (χ4n) is 3.15. The largest absolute Gasteiger partial charge is 0.324 e. The van der Waals surface area contributed by atoms with Gasteiger partial charge in [0.2, 0.25) is 0 Å². The number of nitrogens with zero attached hydrogens (tertiary/aromatic N) is 2. The van der Waals surface area contributed by atoms with E-state index >= 15 is 0 Å². The van der Waals surface area contributed by atoms with Gasteiger partial charge in [0.15, 0.2) is 0 Å². The van der Waals surface area contributed by atoms with Gasteiger partial charge in [-0.1, -0.05) is 13.8 Å². The third kappa shape index (κ3) is 2.75. The van der Waals surface area contributed by atoms with Crippen molar-refractivity contribution in [3.63, 3.8) is 0 Å². The van der Waals surface area contributed by atoms with Crippen molar-refractivity contribution in [1.29, 1.82) is 0 Å². The highest BCUT2D eigenvalue weighted by Crippen LogP contribution is 2.25. The second-order valence-electron chi connectivity index (χ2n) is 6.03. The lowest BCUT2D eigenvalue weighted by Gasteiger charge is -2.42. The molecule has 0 radical (unpaired) electrons. The molecule has 0 aromatic rings. The van der Waals surface area contributed by atoms with E-state index < -0.39 is 0 Å². The Kier molecular flexibility index (Phi) is 3.95. The summed E-state index contributed by atoms with van der Waals surface area (Å²) in [6, 6.07) is 0.698. The number of amides is 2. The van der Waals surface area contributed by atoms with Crippen LogP contribution in [0.25, 0.3) is 0 Å². The molecule has 0 spiro atoms. The number of urea groups is 1. The van der Waals surface area contributed by atoms with Gasteiger partial charge in [-0.15, -0.1) is 0 Å². The molecule has 3 heteroatoms. The number of carbonyl (C=O) groups is 1. The number of hydrogen-bond acceptors (Lipinski definition) is 1. The van der Waals surface area contributed by atoms with Crippen LogP contribution < -0.4 is 0 Å². The number of hydrogen-bond donors (Lipinski definition) is 0. The van der Waals surface area contributed by atoms with E-state index in [9.17, 15) is 4.79 Å². The van der Waals surface area contributed by atoms with Crippen LogP contribution in [0.15, 0.2) is 0 Å². The zero-order valence-electron chi connectivity index (χ0n) is 11.5. The molecule has 2 heterocycles. The molecule has 98 valence electrons. The van der Waals surface area contributed by atoms with Crippen LogP contribution in [0.4, 0.5) is 4.79 Å². The van der Waals surface area contributed by atoms with E-state index in [4.69, 9.17) is 0 Å². The maximum atomic E-state index is 12.5. The van der Waals surface area contributed by atoms with Gasteiger partial charge in [0.1, 0.15) is 0 Å². The van der Waals surface area contributed by atoms with Crippen molar-refractivity contribution in [2.45, 2.75) is 52.5 Å². The first-order valence-corrected chi connectivity index (χ1v) is 7.15. The minimum atomic E-state index is 0.288. The van der Waals surface area contributed by atoms with Gasteiger partial charge < -0.3 is 9.80 Å². The second kappa shape index (κ2) is 5.28. The molecular weight excluding hydrogens is 212 g/mol. The van der Waals surface area contributed by atoms with Crippen LogP contribution in [-0.4, -0.2) is 41.5 Å². The van der Waals surface area contributed by atoms with Crippen LogP contribution in [-0.2, 0) is 0 Å². The summed E-state index contributed by atoms with van der Waals surface area (Å²) in [5.41, 5.74) is 0. The molecule has 3 unspecified atom stereocenters. The highest BCUT2D eigenvalue weighted by atomic mass is 16.2. The Morgan fingerprint density at radius 1 is 1.06 bits per heavy atom. The zero-order valence-corrected chi connectivity index (χ0v) is 11.5. The summed E-state index contributed by atoms with van der Waals surface area (Å²) in [4.78, 5) is 16.7. The highest BCUT2D eigenvalue weighted by Gasteiger charge is 2.32. The van der Waals surface area contributed by atoms with Crippen molar-refractivity contribution in [3.05, 3.63) is 0 Å². The Morgan fingerprint density at radius 2 is 1.76 bits per heavy atom. The van der Waals surface area contributed by atoms with Gasteiger partial charge in [-0.3, -0.25) is 0 Å². The summed E-state index contributed by atoms with van der Waals surface area (Å²) in [7, 11) is 0. The first-order chi connectivity index (χ1) is 8.09. The smallest absolute Gasteiger partial charge is 0.320 e. The van der Waals surface area contributed by atoms with Gasteiger partial charge in [-0.05, 0) is 44.4 Å². The van der Waals surface area contributed by atoms with Crippen LogP contribution in [0.2, 0.25) is 0 Å². The Morgan fingerprint density at radius 3 is 2.47 bits per heavy atom. The molecule has 0 aromatic heterocycles. The van der Waals surface area contributed by atoms with Crippen LogP contribution in [0, 0.1) is 11.8 Å². The number of carbonyl (C=O) groups excluding carboxylic acids is 1. The van der Waals surface area contributed by atoms with Crippen molar-refractivity contribution < 1.29 is 4.79 Å². The molecule has 2 fully saturated rings. The van der Waals surface area contributed by atoms with Crippen LogP contribution in [0.1, 0.15) is 46.5 Å². The summed E-state index contributed by atoms with van der Waals surface area (Å²) in [6.45, 7) is 9.59. The molecule has 0 aromatic carbocycles. The van der Waals surface area contributed by atoms with Gasteiger partial charge in [0.25, 0.3) is 0 Å².